The van der Waals surface area contributed by atoms with Gasteiger partial charge >= 0.3 is 0 Å². The van der Waals surface area contributed by atoms with Crippen LogP contribution in [0.2, 0.25) is 0 Å². The average Bonchev–Trinajstić information content (AvgIpc) is 2.39. The maximum atomic E-state index is 5.29. The molecular weight excluding hydrogens is 144 g/mol. The van der Waals surface area contributed by atoms with Crippen LogP contribution in [0.3, 0.4) is 0 Å². The van der Waals surface area contributed by atoms with Gasteiger partial charge < -0.3 is 9.15 Å². The molecule has 0 aliphatic rings. The number of hydrogen-bond acceptors (Lipinski definition) is 4. The number of hydrogen-bond donors (Lipinski definition) is 0. The molecule has 4 nitrogen and oxygen atoms in total. The second kappa shape index (κ2) is 4.08. The molecule has 1 heterocycles. The summed E-state index contributed by atoms with van der Waals surface area (Å²) >= 11 is 0. The van der Waals surface area contributed by atoms with Crippen molar-refractivity contribution >= 4 is 0 Å². The molecule has 0 bridgehead atoms. The van der Waals surface area contributed by atoms with Crippen LogP contribution < -0.4 is 0 Å². The third-order valence-corrected chi connectivity index (χ3v) is 1.17. The highest BCUT2D eigenvalue weighted by Gasteiger charge is 1.98. The molecule has 0 saturated heterocycles. The molecule has 1 rings (SSSR count). The fourth-order valence-corrected chi connectivity index (χ4v) is 0.687. The maximum absolute atomic E-state index is 5.29. The van der Waals surface area contributed by atoms with Crippen molar-refractivity contribution in [1.29, 1.82) is 0 Å². The van der Waals surface area contributed by atoms with Gasteiger partial charge in [0.2, 0.25) is 12.3 Å². The summed E-state index contributed by atoms with van der Waals surface area (Å²) in [5.41, 5.74) is 0. The molecule has 0 spiro atoms. The first-order valence-corrected chi connectivity index (χ1v) is 3.65. The van der Waals surface area contributed by atoms with Crippen molar-refractivity contribution in [2.45, 2.75) is 26.4 Å². The molecule has 11 heavy (non-hydrogen) atoms. The highest BCUT2D eigenvalue weighted by molar-refractivity contribution is 4.71. The zero-order valence-electron chi connectivity index (χ0n) is 6.78. The summed E-state index contributed by atoms with van der Waals surface area (Å²) in [7, 11) is 0. The molecule has 0 atom stereocenters. The van der Waals surface area contributed by atoms with E-state index in [0.717, 1.165) is 0 Å². The van der Waals surface area contributed by atoms with Crippen LogP contribution in [0.5, 0.6) is 0 Å². The number of nitrogens with zero attached hydrogens (tertiary/aromatic N) is 2. The van der Waals surface area contributed by atoms with E-state index in [0.29, 0.717) is 18.9 Å². The molecule has 0 amide bonds. The van der Waals surface area contributed by atoms with Crippen LogP contribution in [-0.4, -0.2) is 22.9 Å². The van der Waals surface area contributed by atoms with Crippen LogP contribution in [0.15, 0.2) is 10.8 Å². The van der Waals surface area contributed by atoms with E-state index < -0.39 is 0 Å². The van der Waals surface area contributed by atoms with Gasteiger partial charge in [-0.3, -0.25) is 0 Å². The lowest BCUT2D eigenvalue weighted by Gasteiger charge is -2.03. The van der Waals surface area contributed by atoms with E-state index >= 15 is 0 Å². The Morgan fingerprint density at radius 2 is 2.45 bits per heavy atom. The van der Waals surface area contributed by atoms with E-state index in [-0.39, 0.29) is 6.10 Å². The topological polar surface area (TPSA) is 48.2 Å². The van der Waals surface area contributed by atoms with Crippen molar-refractivity contribution in [1.82, 2.24) is 10.2 Å². The number of aromatic nitrogens is 2. The van der Waals surface area contributed by atoms with Crippen LogP contribution in [0, 0.1) is 0 Å². The van der Waals surface area contributed by atoms with Gasteiger partial charge in [-0.25, -0.2) is 0 Å². The van der Waals surface area contributed by atoms with Gasteiger partial charge in [-0.1, -0.05) is 0 Å². The lowest BCUT2D eigenvalue weighted by atomic mass is 10.4. The minimum Gasteiger partial charge on any atom is -0.428 e. The van der Waals surface area contributed by atoms with Gasteiger partial charge in [-0.2, -0.15) is 0 Å². The zero-order chi connectivity index (χ0) is 8.10. The van der Waals surface area contributed by atoms with E-state index in [1.54, 1.807) is 0 Å². The second-order valence-electron chi connectivity index (χ2n) is 2.50. The van der Waals surface area contributed by atoms with Crippen molar-refractivity contribution in [2.24, 2.45) is 0 Å². The Labute approximate surface area is 65.6 Å². The first-order chi connectivity index (χ1) is 5.29. The largest absolute Gasteiger partial charge is 0.428 e. The van der Waals surface area contributed by atoms with Gasteiger partial charge in [0.25, 0.3) is 0 Å². The van der Waals surface area contributed by atoms with E-state index in [1.165, 1.54) is 6.39 Å². The van der Waals surface area contributed by atoms with Crippen molar-refractivity contribution < 1.29 is 9.15 Å². The van der Waals surface area contributed by atoms with Crippen LogP contribution >= 0.6 is 0 Å². The number of ether oxygens (including phenoxy) is 1. The molecule has 0 fully saturated rings. The molecule has 0 radical (unpaired) electrons. The van der Waals surface area contributed by atoms with Gasteiger partial charge in [0.05, 0.1) is 12.7 Å². The molecule has 0 saturated carbocycles. The molecule has 0 aliphatic carbocycles. The van der Waals surface area contributed by atoms with Gasteiger partial charge in [0.1, 0.15) is 0 Å². The SMILES string of the molecule is CC(C)OCCc1nnco1. The summed E-state index contributed by atoms with van der Waals surface area (Å²) < 4.78 is 10.2. The lowest BCUT2D eigenvalue weighted by molar-refractivity contribution is 0.0782. The van der Waals surface area contributed by atoms with Crippen LogP contribution in [0.4, 0.5) is 0 Å². The standard InChI is InChI=1S/C7H12N2O2/c1-6(2)10-4-3-7-9-8-5-11-7/h5-6H,3-4H2,1-2H3. The fraction of sp³-hybridized carbons (Fsp3) is 0.714. The van der Waals surface area contributed by atoms with Gasteiger partial charge in [0, 0.05) is 6.42 Å². The number of rotatable bonds is 4. The predicted molar refractivity (Wildman–Crippen MR) is 39.1 cm³/mol. The molecule has 0 N–H and O–H groups in total. The highest BCUT2D eigenvalue weighted by Crippen LogP contribution is 1.95. The summed E-state index contributed by atoms with van der Waals surface area (Å²) in [5, 5.41) is 7.26. The zero-order valence-corrected chi connectivity index (χ0v) is 6.78. The van der Waals surface area contributed by atoms with E-state index in [9.17, 15) is 0 Å². The Kier molecular flexibility index (Phi) is 3.04. The van der Waals surface area contributed by atoms with Crippen LogP contribution in [0.1, 0.15) is 19.7 Å². The summed E-state index contributed by atoms with van der Waals surface area (Å²) in [5.74, 6) is 0.630. The Bertz CT molecular complexity index is 184. The molecule has 1 aromatic rings. The molecule has 1 aromatic heterocycles. The summed E-state index contributed by atoms with van der Waals surface area (Å²) in [6.45, 7) is 4.63. The van der Waals surface area contributed by atoms with Crippen molar-refractivity contribution in [3.8, 4) is 0 Å². The van der Waals surface area contributed by atoms with Crippen LogP contribution in [-0.2, 0) is 11.2 Å². The highest BCUT2D eigenvalue weighted by atomic mass is 16.5. The minimum absolute atomic E-state index is 0.262. The smallest absolute Gasteiger partial charge is 0.218 e. The quantitative estimate of drug-likeness (QED) is 0.653. The molecular formula is C7H12N2O2. The van der Waals surface area contributed by atoms with Crippen molar-refractivity contribution in [2.75, 3.05) is 6.61 Å². The Morgan fingerprint density at radius 1 is 1.64 bits per heavy atom. The summed E-state index contributed by atoms with van der Waals surface area (Å²) in [4.78, 5) is 0. The Balaban J connectivity index is 2.14. The summed E-state index contributed by atoms with van der Waals surface area (Å²) in [6.07, 6.45) is 2.28. The predicted octanol–water partition coefficient (Wildman–Crippen LogP) is 1.04. The monoisotopic (exact) mass is 156 g/mol. The summed E-state index contributed by atoms with van der Waals surface area (Å²) in [6, 6.07) is 0. The Morgan fingerprint density at radius 3 is 3.00 bits per heavy atom. The first kappa shape index (κ1) is 8.20. The van der Waals surface area contributed by atoms with Gasteiger partial charge in [-0.05, 0) is 13.8 Å². The normalized spacial score (nSPS) is 10.8. The van der Waals surface area contributed by atoms with Gasteiger partial charge in [0.15, 0.2) is 0 Å². The third-order valence-electron chi connectivity index (χ3n) is 1.17. The minimum atomic E-state index is 0.262. The first-order valence-electron chi connectivity index (χ1n) is 3.65. The van der Waals surface area contributed by atoms with Crippen molar-refractivity contribution in [3.63, 3.8) is 0 Å². The Hall–Kier alpha value is -0.900. The third kappa shape index (κ3) is 3.13. The van der Waals surface area contributed by atoms with E-state index in [2.05, 4.69) is 10.2 Å². The molecule has 62 valence electrons. The fourth-order valence-electron chi connectivity index (χ4n) is 0.687. The second-order valence-corrected chi connectivity index (χ2v) is 2.50. The molecule has 4 heteroatoms. The van der Waals surface area contributed by atoms with E-state index in [1.807, 2.05) is 13.8 Å². The average molecular weight is 156 g/mol. The molecule has 0 aromatic carbocycles. The van der Waals surface area contributed by atoms with Crippen molar-refractivity contribution in [3.05, 3.63) is 12.3 Å². The molecule has 0 aliphatic heterocycles. The molecule has 0 unspecified atom stereocenters. The van der Waals surface area contributed by atoms with Gasteiger partial charge in [-0.15, -0.1) is 10.2 Å². The van der Waals surface area contributed by atoms with Crippen LogP contribution in [0.25, 0.3) is 0 Å². The maximum Gasteiger partial charge on any atom is 0.218 e. The lowest BCUT2D eigenvalue weighted by Crippen LogP contribution is -2.06. The van der Waals surface area contributed by atoms with E-state index in [4.69, 9.17) is 9.15 Å².